The fourth-order valence-corrected chi connectivity index (χ4v) is 1.48. The summed E-state index contributed by atoms with van der Waals surface area (Å²) in [5, 5.41) is 9.43. The van der Waals surface area contributed by atoms with Crippen LogP contribution in [0.5, 0.6) is 11.5 Å². The topological polar surface area (TPSA) is 63.6 Å². The molecule has 0 heterocycles. The van der Waals surface area contributed by atoms with Crippen LogP contribution < -0.4 is 4.74 Å². The summed E-state index contributed by atoms with van der Waals surface area (Å²) < 4.78 is 4.98. The molecule has 0 bridgehead atoms. The quantitative estimate of drug-likeness (QED) is 0.603. The first-order valence-corrected chi connectivity index (χ1v) is 5.77. The third kappa shape index (κ3) is 4.79. The van der Waals surface area contributed by atoms with E-state index in [0.717, 1.165) is 11.6 Å². The lowest BCUT2D eigenvalue weighted by Crippen LogP contribution is -2.01. The Hall–Kier alpha value is -2.36. The second kappa shape index (κ2) is 7.16. The van der Waals surface area contributed by atoms with Gasteiger partial charge in [0.2, 0.25) is 0 Å². The fourth-order valence-electron chi connectivity index (χ4n) is 1.48. The molecule has 4 nitrogen and oxygen atoms in total. The number of hydrogen-bond acceptors (Lipinski definition) is 4. The summed E-state index contributed by atoms with van der Waals surface area (Å²) >= 11 is 0. The van der Waals surface area contributed by atoms with Crippen molar-refractivity contribution < 1.29 is 19.4 Å². The molecule has 1 N–H and O–H groups in total. The summed E-state index contributed by atoms with van der Waals surface area (Å²) in [5.41, 5.74) is 0.897. The molecular weight excluding hydrogens is 244 g/mol. The zero-order valence-corrected chi connectivity index (χ0v) is 10.8. The highest BCUT2D eigenvalue weighted by Crippen LogP contribution is 2.26. The van der Waals surface area contributed by atoms with E-state index in [1.807, 2.05) is 0 Å². The van der Waals surface area contributed by atoms with E-state index in [1.165, 1.54) is 19.3 Å². The molecule has 0 atom stereocenters. The van der Waals surface area contributed by atoms with Crippen LogP contribution in [-0.2, 0) is 16.0 Å². The largest absolute Gasteiger partial charge is 0.504 e. The predicted molar refractivity (Wildman–Crippen MR) is 72.3 cm³/mol. The molecule has 1 aromatic carbocycles. The molecule has 1 aromatic rings. The molecule has 4 heteroatoms. The first-order valence-electron chi connectivity index (χ1n) is 5.77. The van der Waals surface area contributed by atoms with Gasteiger partial charge in [-0.3, -0.25) is 9.59 Å². The average Bonchev–Trinajstić information content (AvgIpc) is 2.40. The third-order valence-corrected chi connectivity index (χ3v) is 2.48. The lowest BCUT2D eigenvalue weighted by Gasteiger charge is -2.04. The molecule has 0 spiro atoms. The highest BCUT2D eigenvalue weighted by atomic mass is 16.5. The number of rotatable bonds is 7. The number of phenolic OH excluding ortho intramolecular Hbond substituents is 1. The number of benzene rings is 1. The molecule has 0 aliphatic carbocycles. The van der Waals surface area contributed by atoms with Crippen LogP contribution >= 0.6 is 0 Å². The van der Waals surface area contributed by atoms with Crippen molar-refractivity contribution in [2.24, 2.45) is 0 Å². The van der Waals surface area contributed by atoms with Gasteiger partial charge in [0, 0.05) is 0 Å². The summed E-state index contributed by atoms with van der Waals surface area (Å²) in [6, 6.07) is 4.96. The Morgan fingerprint density at radius 1 is 1.37 bits per heavy atom. The normalized spacial score (nSPS) is 10.4. The minimum atomic E-state index is -0.291. The van der Waals surface area contributed by atoms with Gasteiger partial charge in [-0.15, -0.1) is 0 Å². The van der Waals surface area contributed by atoms with Gasteiger partial charge in [-0.2, -0.15) is 0 Å². The average molecular weight is 260 g/mol. The monoisotopic (exact) mass is 260 g/mol. The molecule has 0 aliphatic rings. The van der Waals surface area contributed by atoms with Crippen LogP contribution in [0.25, 0.3) is 0 Å². The number of carbonyl (C=O) groups excluding carboxylic acids is 2. The Kier molecular flexibility index (Phi) is 5.54. The molecular formula is C15H16O4. The number of ether oxygens (including phenoxy) is 1. The molecule has 0 radical (unpaired) electrons. The standard InChI is InChI=1S/C15H16O4/c1-3-12(16)10-13(17)6-4-5-11-7-8-14(18)15(9-11)19-2/h3-4,6-9,18H,1,5,10H2,2H3. The Labute approximate surface area is 112 Å². The molecule has 19 heavy (non-hydrogen) atoms. The number of hydrogen-bond donors (Lipinski definition) is 1. The Morgan fingerprint density at radius 2 is 2.11 bits per heavy atom. The minimum absolute atomic E-state index is 0.0721. The smallest absolute Gasteiger partial charge is 0.163 e. The number of methoxy groups -OCH3 is 1. The zero-order valence-electron chi connectivity index (χ0n) is 10.8. The van der Waals surface area contributed by atoms with Crippen molar-refractivity contribution in [1.82, 2.24) is 0 Å². The predicted octanol–water partition coefficient (Wildman–Crippen LogP) is 2.21. The lowest BCUT2D eigenvalue weighted by atomic mass is 10.1. The maximum Gasteiger partial charge on any atom is 0.163 e. The van der Waals surface area contributed by atoms with Crippen molar-refractivity contribution in [3.63, 3.8) is 0 Å². The first-order chi connectivity index (χ1) is 9.06. The van der Waals surface area contributed by atoms with Crippen LogP contribution in [0.1, 0.15) is 12.0 Å². The molecule has 0 saturated heterocycles. The van der Waals surface area contributed by atoms with Crippen LogP contribution in [0, 0.1) is 0 Å². The van der Waals surface area contributed by atoms with Crippen LogP contribution in [0.2, 0.25) is 0 Å². The van der Waals surface area contributed by atoms with Crippen molar-refractivity contribution in [1.29, 1.82) is 0 Å². The SMILES string of the molecule is C=CC(=O)CC(=O)C=CCc1ccc(O)c(OC)c1. The summed E-state index contributed by atoms with van der Waals surface area (Å²) in [4.78, 5) is 22.3. The number of aromatic hydroxyl groups is 1. The second-order valence-corrected chi connectivity index (χ2v) is 3.93. The van der Waals surface area contributed by atoms with Gasteiger partial charge in [0.05, 0.1) is 13.5 Å². The number of ketones is 2. The van der Waals surface area contributed by atoms with E-state index in [2.05, 4.69) is 6.58 Å². The van der Waals surface area contributed by atoms with E-state index in [0.29, 0.717) is 12.2 Å². The number of carbonyl (C=O) groups is 2. The van der Waals surface area contributed by atoms with Gasteiger partial charge in [0.25, 0.3) is 0 Å². The van der Waals surface area contributed by atoms with Gasteiger partial charge in [-0.25, -0.2) is 0 Å². The first kappa shape index (κ1) is 14.7. The maximum atomic E-state index is 11.4. The van der Waals surface area contributed by atoms with Crippen molar-refractivity contribution in [3.8, 4) is 11.5 Å². The van der Waals surface area contributed by atoms with Gasteiger partial charge < -0.3 is 9.84 Å². The van der Waals surface area contributed by atoms with Gasteiger partial charge in [-0.05, 0) is 36.3 Å². The Balaban J connectivity index is 2.59. The number of allylic oxidation sites excluding steroid dienone is 3. The van der Waals surface area contributed by atoms with Crippen LogP contribution in [0.15, 0.2) is 43.0 Å². The molecule has 0 aliphatic heterocycles. The molecule has 0 unspecified atom stereocenters. The van der Waals surface area contributed by atoms with E-state index >= 15 is 0 Å². The molecule has 0 amide bonds. The van der Waals surface area contributed by atoms with Crippen molar-refractivity contribution in [3.05, 3.63) is 48.6 Å². The molecule has 0 aromatic heterocycles. The molecule has 0 fully saturated rings. The summed E-state index contributed by atoms with van der Waals surface area (Å²) in [7, 11) is 1.47. The zero-order chi connectivity index (χ0) is 14.3. The summed E-state index contributed by atoms with van der Waals surface area (Å²) in [6.45, 7) is 3.31. The minimum Gasteiger partial charge on any atom is -0.504 e. The van der Waals surface area contributed by atoms with Crippen LogP contribution in [0.4, 0.5) is 0 Å². The van der Waals surface area contributed by atoms with E-state index in [1.54, 1.807) is 18.2 Å². The summed E-state index contributed by atoms with van der Waals surface area (Å²) in [6.07, 6.45) is 4.55. The Morgan fingerprint density at radius 3 is 2.74 bits per heavy atom. The second-order valence-electron chi connectivity index (χ2n) is 3.93. The van der Waals surface area contributed by atoms with Crippen LogP contribution in [-0.4, -0.2) is 23.8 Å². The third-order valence-electron chi connectivity index (χ3n) is 2.48. The van der Waals surface area contributed by atoms with E-state index < -0.39 is 0 Å². The Bertz CT molecular complexity index is 515. The highest BCUT2D eigenvalue weighted by Gasteiger charge is 2.03. The molecule has 1 rings (SSSR count). The van der Waals surface area contributed by atoms with E-state index in [9.17, 15) is 14.7 Å². The molecule has 100 valence electrons. The lowest BCUT2D eigenvalue weighted by molar-refractivity contribution is -0.121. The van der Waals surface area contributed by atoms with Gasteiger partial charge in [0.15, 0.2) is 23.1 Å². The fraction of sp³-hybridized carbons (Fsp3) is 0.200. The maximum absolute atomic E-state index is 11.4. The molecule has 0 saturated carbocycles. The van der Waals surface area contributed by atoms with Gasteiger partial charge >= 0.3 is 0 Å². The van der Waals surface area contributed by atoms with E-state index in [4.69, 9.17) is 4.74 Å². The number of phenols is 1. The van der Waals surface area contributed by atoms with Crippen molar-refractivity contribution in [2.45, 2.75) is 12.8 Å². The van der Waals surface area contributed by atoms with Crippen LogP contribution in [0.3, 0.4) is 0 Å². The van der Waals surface area contributed by atoms with E-state index in [-0.39, 0.29) is 23.7 Å². The van der Waals surface area contributed by atoms with Gasteiger partial charge in [-0.1, -0.05) is 18.7 Å². The van der Waals surface area contributed by atoms with Crippen molar-refractivity contribution >= 4 is 11.6 Å². The van der Waals surface area contributed by atoms with Gasteiger partial charge in [0.1, 0.15) is 0 Å². The van der Waals surface area contributed by atoms with Crippen molar-refractivity contribution in [2.75, 3.05) is 7.11 Å². The summed E-state index contributed by atoms with van der Waals surface area (Å²) in [5.74, 6) is -0.0847. The highest BCUT2D eigenvalue weighted by molar-refractivity contribution is 6.08.